The number of hydrogen-bond acceptors (Lipinski definition) is 2. The molecule has 18 heavy (non-hydrogen) atoms. The fourth-order valence-electron chi connectivity index (χ4n) is 1.91. The van der Waals surface area contributed by atoms with Gasteiger partial charge in [-0.3, -0.25) is 4.79 Å². The van der Waals surface area contributed by atoms with E-state index in [1.807, 2.05) is 35.7 Å². The zero-order valence-corrected chi connectivity index (χ0v) is 13.1. The minimum absolute atomic E-state index is 0.0318. The second-order valence-corrected chi connectivity index (χ2v) is 6.99. The molecule has 0 atom stereocenters. The minimum atomic E-state index is -0.0318. The summed E-state index contributed by atoms with van der Waals surface area (Å²) in [6.45, 7) is 6.38. The lowest BCUT2D eigenvalue weighted by Gasteiger charge is -2.22. The highest BCUT2D eigenvalue weighted by molar-refractivity contribution is 9.10. The van der Waals surface area contributed by atoms with E-state index in [0.717, 1.165) is 20.5 Å². The lowest BCUT2D eigenvalue weighted by molar-refractivity contribution is 0.104. The highest BCUT2D eigenvalue weighted by atomic mass is 79.9. The molecule has 0 radical (unpaired) electrons. The maximum absolute atomic E-state index is 12.6. The summed E-state index contributed by atoms with van der Waals surface area (Å²) in [5, 5.41) is 1.93. The van der Waals surface area contributed by atoms with E-state index < -0.39 is 0 Å². The van der Waals surface area contributed by atoms with E-state index in [-0.39, 0.29) is 11.2 Å². The summed E-state index contributed by atoms with van der Waals surface area (Å²) in [5.74, 6) is 0.0994. The highest BCUT2D eigenvalue weighted by Gasteiger charge is 2.23. The lowest BCUT2D eigenvalue weighted by atomic mass is 9.82. The molecule has 0 aliphatic rings. The molecule has 94 valence electrons. The van der Waals surface area contributed by atoms with Crippen molar-refractivity contribution in [1.29, 1.82) is 0 Å². The molecular formula is C15H15BrOS. The van der Waals surface area contributed by atoms with E-state index in [9.17, 15) is 4.79 Å². The molecule has 1 aromatic carbocycles. The predicted molar refractivity (Wildman–Crippen MR) is 80.6 cm³/mol. The van der Waals surface area contributed by atoms with Crippen molar-refractivity contribution in [2.45, 2.75) is 26.2 Å². The van der Waals surface area contributed by atoms with Gasteiger partial charge in [0.05, 0.1) is 4.88 Å². The maximum atomic E-state index is 12.6. The van der Waals surface area contributed by atoms with Crippen LogP contribution in [-0.4, -0.2) is 5.78 Å². The van der Waals surface area contributed by atoms with E-state index in [1.54, 1.807) is 0 Å². The van der Waals surface area contributed by atoms with Gasteiger partial charge in [-0.05, 0) is 38.4 Å². The Kier molecular flexibility index (Phi) is 3.74. The standard InChI is InChI=1S/C15H15BrOS/c1-15(2,3)11-7-5-4-6-10(11)13(17)14-12(16)8-9-18-14/h4-9H,1-3H3. The number of halogens is 1. The molecule has 0 saturated carbocycles. The van der Waals surface area contributed by atoms with Crippen LogP contribution in [0.2, 0.25) is 0 Å². The van der Waals surface area contributed by atoms with Gasteiger partial charge in [0.2, 0.25) is 5.78 Å². The second-order valence-electron chi connectivity index (χ2n) is 5.22. The smallest absolute Gasteiger partial charge is 0.204 e. The largest absolute Gasteiger partial charge is 0.288 e. The summed E-state index contributed by atoms with van der Waals surface area (Å²) in [4.78, 5) is 13.3. The van der Waals surface area contributed by atoms with Crippen LogP contribution in [0, 0.1) is 0 Å². The number of benzene rings is 1. The van der Waals surface area contributed by atoms with Crippen LogP contribution >= 0.6 is 27.3 Å². The SMILES string of the molecule is CC(C)(C)c1ccccc1C(=O)c1sccc1Br. The number of hydrogen-bond donors (Lipinski definition) is 0. The molecule has 0 fully saturated rings. The predicted octanol–water partition coefficient (Wildman–Crippen LogP) is 5.04. The fraction of sp³-hybridized carbons (Fsp3) is 0.267. The van der Waals surface area contributed by atoms with Crippen LogP contribution in [-0.2, 0) is 5.41 Å². The van der Waals surface area contributed by atoms with Gasteiger partial charge in [0.25, 0.3) is 0 Å². The van der Waals surface area contributed by atoms with Crippen molar-refractivity contribution in [2.24, 2.45) is 0 Å². The number of rotatable bonds is 2. The van der Waals surface area contributed by atoms with Crippen molar-refractivity contribution in [3.05, 3.63) is 56.2 Å². The maximum Gasteiger partial charge on any atom is 0.204 e. The Labute approximate surface area is 120 Å². The van der Waals surface area contributed by atoms with Crippen molar-refractivity contribution in [3.63, 3.8) is 0 Å². The Morgan fingerprint density at radius 3 is 2.39 bits per heavy atom. The number of carbonyl (C=O) groups excluding carboxylic acids is 1. The third-order valence-corrected chi connectivity index (χ3v) is 4.64. The van der Waals surface area contributed by atoms with Gasteiger partial charge in [-0.1, -0.05) is 45.0 Å². The van der Waals surface area contributed by atoms with Crippen molar-refractivity contribution < 1.29 is 4.79 Å². The van der Waals surface area contributed by atoms with Gasteiger partial charge in [-0.2, -0.15) is 0 Å². The summed E-state index contributed by atoms with van der Waals surface area (Å²) in [5.41, 5.74) is 1.86. The third kappa shape index (κ3) is 2.57. The molecule has 0 amide bonds. The summed E-state index contributed by atoms with van der Waals surface area (Å²) < 4.78 is 0.876. The Hall–Kier alpha value is -0.930. The third-order valence-electron chi connectivity index (χ3n) is 2.80. The molecule has 1 heterocycles. The van der Waals surface area contributed by atoms with E-state index in [2.05, 4.69) is 36.7 Å². The number of thiophene rings is 1. The molecule has 0 aliphatic carbocycles. The van der Waals surface area contributed by atoms with Crippen LogP contribution in [0.3, 0.4) is 0 Å². The lowest BCUT2D eigenvalue weighted by Crippen LogP contribution is -2.17. The molecule has 1 nitrogen and oxygen atoms in total. The summed E-state index contributed by atoms with van der Waals surface area (Å²) in [6, 6.07) is 9.77. The average molecular weight is 323 g/mol. The van der Waals surface area contributed by atoms with Crippen LogP contribution in [0.4, 0.5) is 0 Å². The van der Waals surface area contributed by atoms with E-state index >= 15 is 0 Å². The monoisotopic (exact) mass is 322 g/mol. The molecular weight excluding hydrogens is 308 g/mol. The fourth-order valence-corrected chi connectivity index (χ4v) is 3.42. The van der Waals surface area contributed by atoms with Crippen molar-refractivity contribution in [2.75, 3.05) is 0 Å². The summed E-state index contributed by atoms with van der Waals surface area (Å²) in [7, 11) is 0. The molecule has 0 spiro atoms. The summed E-state index contributed by atoms with van der Waals surface area (Å²) in [6.07, 6.45) is 0. The zero-order valence-electron chi connectivity index (χ0n) is 10.7. The van der Waals surface area contributed by atoms with Gasteiger partial charge in [-0.15, -0.1) is 11.3 Å². The van der Waals surface area contributed by atoms with E-state index in [1.165, 1.54) is 11.3 Å². The number of ketones is 1. The highest BCUT2D eigenvalue weighted by Crippen LogP contribution is 2.31. The summed E-state index contributed by atoms with van der Waals surface area (Å²) >= 11 is 4.90. The second kappa shape index (κ2) is 4.98. The molecule has 2 rings (SSSR count). The van der Waals surface area contributed by atoms with Crippen LogP contribution in [0.1, 0.15) is 41.6 Å². The first kappa shape index (κ1) is 13.5. The quantitative estimate of drug-likeness (QED) is 0.708. The van der Waals surface area contributed by atoms with Gasteiger partial charge >= 0.3 is 0 Å². The van der Waals surface area contributed by atoms with E-state index in [0.29, 0.717) is 0 Å². The van der Waals surface area contributed by atoms with Gasteiger partial charge < -0.3 is 0 Å². The minimum Gasteiger partial charge on any atom is -0.288 e. The molecule has 0 unspecified atom stereocenters. The first-order valence-corrected chi connectivity index (χ1v) is 7.45. The van der Waals surface area contributed by atoms with Gasteiger partial charge in [0.1, 0.15) is 0 Å². The van der Waals surface area contributed by atoms with E-state index in [4.69, 9.17) is 0 Å². The molecule has 0 saturated heterocycles. The Morgan fingerprint density at radius 1 is 1.17 bits per heavy atom. The van der Waals surface area contributed by atoms with Crippen molar-refractivity contribution in [1.82, 2.24) is 0 Å². The Bertz CT molecular complexity index is 578. The van der Waals surface area contributed by atoms with Crippen molar-refractivity contribution >= 4 is 33.0 Å². The van der Waals surface area contributed by atoms with Gasteiger partial charge in [0, 0.05) is 10.0 Å². The molecule has 0 bridgehead atoms. The Balaban J connectivity index is 2.53. The first-order chi connectivity index (χ1) is 8.41. The van der Waals surface area contributed by atoms with Crippen LogP contribution in [0.5, 0.6) is 0 Å². The topological polar surface area (TPSA) is 17.1 Å². The normalized spacial score (nSPS) is 11.6. The molecule has 3 heteroatoms. The average Bonchev–Trinajstić information content (AvgIpc) is 2.73. The van der Waals surface area contributed by atoms with Crippen LogP contribution in [0.25, 0.3) is 0 Å². The van der Waals surface area contributed by atoms with Crippen molar-refractivity contribution in [3.8, 4) is 0 Å². The zero-order chi connectivity index (χ0) is 13.3. The molecule has 0 N–H and O–H groups in total. The van der Waals surface area contributed by atoms with Crippen LogP contribution in [0.15, 0.2) is 40.2 Å². The van der Waals surface area contributed by atoms with Gasteiger partial charge in [-0.25, -0.2) is 0 Å². The molecule has 2 aromatic rings. The van der Waals surface area contributed by atoms with Gasteiger partial charge in [0.15, 0.2) is 0 Å². The molecule has 1 aromatic heterocycles. The molecule has 0 aliphatic heterocycles. The first-order valence-electron chi connectivity index (χ1n) is 5.78. The van der Waals surface area contributed by atoms with Crippen LogP contribution < -0.4 is 0 Å². The number of carbonyl (C=O) groups is 1. The Morgan fingerprint density at radius 2 is 1.83 bits per heavy atom.